The minimum atomic E-state index is -0.0851. The summed E-state index contributed by atoms with van der Waals surface area (Å²) >= 11 is 0. The highest BCUT2D eigenvalue weighted by atomic mass is 15.2. The molecule has 2 aliphatic rings. The van der Waals surface area contributed by atoms with Crippen LogP contribution in [-0.2, 0) is 0 Å². The maximum absolute atomic E-state index is 5.49. The highest BCUT2D eigenvalue weighted by Gasteiger charge is 2.45. The fourth-order valence-corrected chi connectivity index (χ4v) is 11.1. The summed E-state index contributed by atoms with van der Waals surface area (Å²) in [5, 5.41) is 4.80. The normalized spacial score (nSPS) is 12.4. The average molecular weight is 903 g/mol. The van der Waals surface area contributed by atoms with Crippen molar-refractivity contribution in [3.8, 4) is 56.2 Å². The van der Waals surface area contributed by atoms with Gasteiger partial charge in [0.1, 0.15) is 0 Å². The van der Waals surface area contributed by atoms with E-state index in [1.165, 1.54) is 71.6 Å². The average Bonchev–Trinajstić information content (AvgIpc) is 3.46. The first-order valence-corrected chi connectivity index (χ1v) is 24.3. The fourth-order valence-electron chi connectivity index (χ4n) is 11.1. The van der Waals surface area contributed by atoms with E-state index in [1.54, 1.807) is 0 Å². The molecule has 5 heteroatoms. The van der Waals surface area contributed by atoms with Gasteiger partial charge in [-0.2, -0.15) is 0 Å². The van der Waals surface area contributed by atoms with E-state index in [4.69, 9.17) is 9.97 Å². The number of anilines is 6. The van der Waals surface area contributed by atoms with E-state index in [0.29, 0.717) is 5.82 Å². The minimum absolute atomic E-state index is 0.0851. The number of benzene rings is 11. The number of rotatable bonds is 7. The smallest absolute Gasteiger partial charge is 0.252 e. The van der Waals surface area contributed by atoms with E-state index >= 15 is 0 Å². The Morgan fingerprint density at radius 1 is 0.296 bits per heavy atom. The second-order valence-corrected chi connectivity index (χ2v) is 18.5. The molecular weight excluding hydrogens is 860 g/mol. The summed E-state index contributed by atoms with van der Waals surface area (Å²) in [6.45, 7) is -0.0851. The van der Waals surface area contributed by atoms with Gasteiger partial charge in [0.2, 0.25) is 0 Å². The van der Waals surface area contributed by atoms with Gasteiger partial charge in [0.05, 0.1) is 11.4 Å². The van der Waals surface area contributed by atoms with E-state index < -0.39 is 0 Å². The summed E-state index contributed by atoms with van der Waals surface area (Å²) in [6, 6.07) is 94.5. The molecule has 4 nitrogen and oxygen atoms in total. The van der Waals surface area contributed by atoms with Gasteiger partial charge in [-0.25, -0.2) is 9.97 Å². The first kappa shape index (κ1) is 40.7. The van der Waals surface area contributed by atoms with Crippen molar-refractivity contribution in [2.45, 2.75) is 0 Å². The summed E-state index contributed by atoms with van der Waals surface area (Å²) in [5.74, 6) is 0.681. The number of fused-ring (bicyclic) bond motifs is 8. The molecule has 0 unspecified atom stereocenters. The van der Waals surface area contributed by atoms with Gasteiger partial charge in [0.25, 0.3) is 6.71 Å². The third-order valence-corrected chi connectivity index (χ3v) is 14.4. The van der Waals surface area contributed by atoms with Crippen LogP contribution in [0.5, 0.6) is 0 Å². The first-order chi connectivity index (χ1) is 35.2. The van der Waals surface area contributed by atoms with Crippen LogP contribution < -0.4 is 26.2 Å². The lowest BCUT2D eigenvalue weighted by Gasteiger charge is -2.45. The molecule has 0 N–H and O–H groups in total. The fraction of sp³-hybridized carbons (Fsp3) is 0. The van der Waals surface area contributed by atoms with E-state index in [0.717, 1.165) is 50.8 Å². The molecule has 0 bridgehead atoms. The summed E-state index contributed by atoms with van der Waals surface area (Å²) < 4.78 is 0. The topological polar surface area (TPSA) is 32.3 Å². The summed E-state index contributed by atoms with van der Waals surface area (Å²) in [6.07, 6.45) is 0. The molecule has 0 amide bonds. The van der Waals surface area contributed by atoms with Crippen molar-refractivity contribution in [1.29, 1.82) is 0 Å². The number of aromatic nitrogens is 2. The van der Waals surface area contributed by atoms with Crippen LogP contribution in [0.25, 0.3) is 77.7 Å². The van der Waals surface area contributed by atoms with Crippen molar-refractivity contribution >= 4 is 78.8 Å². The van der Waals surface area contributed by atoms with Crippen LogP contribution in [0.15, 0.2) is 261 Å². The number of hydrogen-bond acceptors (Lipinski definition) is 4. The van der Waals surface area contributed by atoms with Crippen LogP contribution >= 0.6 is 0 Å². The Morgan fingerprint density at radius 3 is 1.14 bits per heavy atom. The molecule has 0 spiro atoms. The van der Waals surface area contributed by atoms with Gasteiger partial charge in [-0.05, 0) is 91.9 Å². The van der Waals surface area contributed by atoms with Gasteiger partial charge in [-0.3, -0.25) is 0 Å². The standard InChI is InChI=1S/C66H43BN4/c1-5-17-44(18-6-1)46-29-35-53(36-30-46)70-61-41-52(60-43-59(50-23-9-3-10-24-50)68-66(69-60)51-25-11-4-12-26-51)42-62-63(61)67(57-39-33-48-21-13-15-27-55(48)64(57)70)58-40-34-49-22-14-16-28-56(49)65(58)71(62)54-37-31-47(32-38-54)45-19-7-2-8-20-45/h1-43H. The largest absolute Gasteiger partial charge is 0.311 e. The Bertz CT molecular complexity index is 3720. The second kappa shape index (κ2) is 16.7. The van der Waals surface area contributed by atoms with Crippen LogP contribution in [0.2, 0.25) is 0 Å². The van der Waals surface area contributed by atoms with E-state index in [-0.39, 0.29) is 6.71 Å². The predicted molar refractivity (Wildman–Crippen MR) is 298 cm³/mol. The third kappa shape index (κ3) is 6.85. The van der Waals surface area contributed by atoms with Crippen LogP contribution in [0.1, 0.15) is 0 Å². The van der Waals surface area contributed by atoms with Crippen LogP contribution in [0.4, 0.5) is 34.1 Å². The maximum atomic E-state index is 5.49. The Morgan fingerprint density at radius 2 is 0.676 bits per heavy atom. The van der Waals surface area contributed by atoms with E-state index in [2.05, 4.69) is 265 Å². The minimum Gasteiger partial charge on any atom is -0.311 e. The molecule has 330 valence electrons. The molecule has 0 radical (unpaired) electrons. The van der Waals surface area contributed by atoms with Gasteiger partial charge in [-0.15, -0.1) is 0 Å². The molecule has 3 heterocycles. The summed E-state index contributed by atoms with van der Waals surface area (Å²) in [4.78, 5) is 15.8. The highest BCUT2D eigenvalue weighted by Crippen LogP contribution is 2.49. The van der Waals surface area contributed by atoms with Crippen LogP contribution in [-0.4, -0.2) is 16.7 Å². The zero-order chi connectivity index (χ0) is 46.8. The zero-order valence-corrected chi connectivity index (χ0v) is 38.7. The van der Waals surface area contributed by atoms with E-state index in [9.17, 15) is 0 Å². The summed E-state index contributed by atoms with van der Waals surface area (Å²) in [7, 11) is 0. The van der Waals surface area contributed by atoms with Crippen molar-refractivity contribution in [2.75, 3.05) is 9.80 Å². The zero-order valence-electron chi connectivity index (χ0n) is 38.7. The molecule has 0 atom stereocenters. The van der Waals surface area contributed by atoms with Crippen molar-refractivity contribution in [1.82, 2.24) is 9.97 Å². The maximum Gasteiger partial charge on any atom is 0.252 e. The van der Waals surface area contributed by atoms with Crippen molar-refractivity contribution in [2.24, 2.45) is 0 Å². The lowest BCUT2D eigenvalue weighted by Crippen LogP contribution is -2.61. The molecule has 0 fully saturated rings. The Hall–Kier alpha value is -9.32. The molecule has 0 aliphatic carbocycles. The van der Waals surface area contributed by atoms with Crippen molar-refractivity contribution in [3.05, 3.63) is 261 Å². The first-order valence-electron chi connectivity index (χ1n) is 24.3. The van der Waals surface area contributed by atoms with Crippen molar-refractivity contribution < 1.29 is 0 Å². The number of hydrogen-bond donors (Lipinski definition) is 0. The lowest BCUT2D eigenvalue weighted by molar-refractivity contribution is 1.18. The Labute approximate surface area is 413 Å². The van der Waals surface area contributed by atoms with Gasteiger partial charge in [-0.1, -0.05) is 218 Å². The van der Waals surface area contributed by atoms with Crippen LogP contribution in [0, 0.1) is 0 Å². The molecule has 11 aromatic carbocycles. The van der Waals surface area contributed by atoms with Gasteiger partial charge < -0.3 is 9.80 Å². The summed E-state index contributed by atoms with van der Waals surface area (Å²) in [5.41, 5.74) is 20.0. The molecule has 2 aliphatic heterocycles. The monoisotopic (exact) mass is 902 g/mol. The molecule has 12 aromatic rings. The van der Waals surface area contributed by atoms with E-state index in [1.807, 2.05) is 6.07 Å². The second-order valence-electron chi connectivity index (χ2n) is 18.5. The Kier molecular flexibility index (Phi) is 9.59. The highest BCUT2D eigenvalue weighted by molar-refractivity contribution is 7.00. The quantitative estimate of drug-likeness (QED) is 0.149. The predicted octanol–water partition coefficient (Wildman–Crippen LogP) is 15.2. The molecule has 1 aromatic heterocycles. The van der Waals surface area contributed by atoms with Crippen molar-refractivity contribution in [3.63, 3.8) is 0 Å². The lowest BCUT2D eigenvalue weighted by atomic mass is 9.33. The van der Waals surface area contributed by atoms with Crippen LogP contribution in [0.3, 0.4) is 0 Å². The molecule has 0 saturated carbocycles. The van der Waals surface area contributed by atoms with Gasteiger partial charge in [0.15, 0.2) is 5.82 Å². The van der Waals surface area contributed by atoms with Gasteiger partial charge >= 0.3 is 0 Å². The molecule has 71 heavy (non-hydrogen) atoms. The Balaban J connectivity index is 1.10. The third-order valence-electron chi connectivity index (χ3n) is 14.4. The molecular formula is C66H43BN4. The van der Waals surface area contributed by atoms with Gasteiger partial charge in [0, 0.05) is 61.6 Å². The number of nitrogens with zero attached hydrogens (tertiary/aromatic N) is 4. The SMILES string of the molecule is c1ccc(-c2ccc(N3c4cc(-c5cc(-c6ccccc6)nc(-c6ccccc6)n5)cc5c4B(c4ccc6ccccc6c43)c3ccc4ccccc4c3N5c3ccc(-c4ccccc4)cc3)cc2)cc1. The molecule has 14 rings (SSSR count). The molecule has 0 saturated heterocycles.